The number of rotatable bonds is 14. The second-order valence-electron chi connectivity index (χ2n) is 4.44. The summed E-state index contributed by atoms with van der Waals surface area (Å²) < 4.78 is 12.0. The Bertz CT molecular complexity index is 177. The van der Waals surface area contributed by atoms with E-state index in [1.807, 2.05) is 0 Å². The van der Waals surface area contributed by atoms with Crippen LogP contribution in [0.1, 0.15) is 51.9 Å². The molecule has 0 spiro atoms. The second kappa shape index (κ2) is 17.7. The monoisotopic (exact) mass is 286 g/mol. The van der Waals surface area contributed by atoms with Gasteiger partial charge in [-0.05, 0) is 12.8 Å². The zero-order chi connectivity index (χ0) is 13.3. The topological polar surface area (TPSA) is 18.5 Å². The minimum atomic E-state index is -0.278. The van der Waals surface area contributed by atoms with E-state index in [-0.39, 0.29) is 19.3 Å². The normalized spacial score (nSPS) is 11.0. The molecule has 2 nitrogen and oxygen atoms in total. The van der Waals surface area contributed by atoms with Gasteiger partial charge in [0.15, 0.2) is 0 Å². The molecule has 0 saturated heterocycles. The van der Waals surface area contributed by atoms with E-state index in [2.05, 4.69) is 19.1 Å². The van der Waals surface area contributed by atoms with Gasteiger partial charge in [0.25, 0.3) is 0 Å². The quantitative estimate of drug-likeness (QED) is 0.202. The van der Waals surface area contributed by atoms with Crippen LogP contribution in [-0.2, 0) is 9.47 Å². The van der Waals surface area contributed by atoms with Crippen LogP contribution < -0.4 is 0 Å². The highest BCUT2D eigenvalue weighted by molar-refractivity contribution is 6.93. The van der Waals surface area contributed by atoms with E-state index >= 15 is 0 Å². The highest BCUT2D eigenvalue weighted by Gasteiger charge is 1.91. The van der Waals surface area contributed by atoms with E-state index in [0.29, 0.717) is 6.79 Å². The average molecular weight is 287 g/mol. The first kappa shape index (κ1) is 18.7. The van der Waals surface area contributed by atoms with Crippen LogP contribution in [0.15, 0.2) is 12.2 Å². The van der Waals surface area contributed by atoms with Gasteiger partial charge in [-0.15, -0.1) is 4.55 Å². The summed E-state index contributed by atoms with van der Waals surface area (Å²) >= 11 is -0.278. The third-order valence-electron chi connectivity index (χ3n) is 2.66. The Morgan fingerprint density at radius 1 is 0.944 bits per heavy atom. The van der Waals surface area contributed by atoms with Crippen molar-refractivity contribution in [3.8, 4) is 0 Å². The Kier molecular flexibility index (Phi) is 18.4. The molecule has 0 aliphatic carbocycles. The van der Waals surface area contributed by atoms with Crippen molar-refractivity contribution in [2.45, 2.75) is 56.4 Å². The predicted octanol–water partition coefficient (Wildman–Crippen LogP) is 4.56. The first-order valence-corrected chi connectivity index (χ1v) is 10.4. The van der Waals surface area contributed by atoms with Crippen molar-refractivity contribution >= 4 is 28.3 Å². The molecule has 0 heterocycles. The van der Waals surface area contributed by atoms with Gasteiger partial charge in [0, 0.05) is 6.61 Å². The zero-order valence-corrected chi connectivity index (χ0v) is 14.0. The Balaban J connectivity index is 2.96. The molecule has 0 atom stereocenters. The molecule has 104 valence electrons. The molecule has 0 unspecified atom stereocenters. The van der Waals surface area contributed by atoms with Gasteiger partial charge < -0.3 is 18.5 Å². The molecule has 0 fully saturated rings. The summed E-state index contributed by atoms with van der Waals surface area (Å²) in [5.41, 5.74) is 0. The molecule has 0 rings (SSSR count). The Morgan fingerprint density at radius 2 is 1.67 bits per heavy atom. The summed E-state index contributed by atoms with van der Waals surface area (Å²) in [7, 11) is 5.72. The highest BCUT2D eigenvalue weighted by atomic mass is 35.5. The molecular weight excluding hydrogens is 260 g/mol. The van der Waals surface area contributed by atoms with Crippen molar-refractivity contribution in [2.75, 3.05) is 20.0 Å². The predicted molar refractivity (Wildman–Crippen MR) is 80.3 cm³/mol. The Hall–Kier alpha value is 0.716. The minimum absolute atomic E-state index is 0.278. The molecular formula is C14H27ClMgO2. The van der Waals surface area contributed by atoms with Crippen LogP contribution in [0, 0.1) is 0 Å². The summed E-state index contributed by atoms with van der Waals surface area (Å²) in [4.78, 5) is 0. The molecule has 0 saturated carbocycles. The maximum absolute atomic E-state index is 5.72. The molecule has 0 aromatic carbocycles. The molecule has 0 amide bonds. The average Bonchev–Trinajstić information content (AvgIpc) is 2.39. The second-order valence-corrected chi connectivity index (χ2v) is 6.66. The smallest absolute Gasteiger partial charge is 0.355 e. The minimum Gasteiger partial charge on any atom is -0.355 e. The Morgan fingerprint density at radius 3 is 2.44 bits per heavy atom. The molecule has 0 bridgehead atoms. The van der Waals surface area contributed by atoms with Gasteiger partial charge in [-0.25, -0.2) is 0 Å². The molecule has 4 heteroatoms. The third kappa shape index (κ3) is 16.7. The van der Waals surface area contributed by atoms with Crippen LogP contribution >= 0.6 is 9.07 Å². The number of unbranched alkanes of at least 4 members (excludes halogenated alkanes) is 4. The van der Waals surface area contributed by atoms with Crippen LogP contribution in [0.4, 0.5) is 0 Å². The number of ether oxygens (including phenoxy) is 2. The molecule has 0 aliphatic rings. The van der Waals surface area contributed by atoms with Gasteiger partial charge in [0.1, 0.15) is 6.79 Å². The van der Waals surface area contributed by atoms with E-state index in [4.69, 9.17) is 18.5 Å². The first-order valence-electron chi connectivity index (χ1n) is 7.28. The van der Waals surface area contributed by atoms with Crippen LogP contribution in [0.25, 0.3) is 0 Å². The van der Waals surface area contributed by atoms with Crippen LogP contribution in [0.2, 0.25) is 4.55 Å². The van der Waals surface area contributed by atoms with Crippen molar-refractivity contribution in [3.63, 3.8) is 0 Å². The standard InChI is InChI=1S/C14H27O2.ClH.Mg/c1-3-5-7-9-11-13-16-14-15-12-10-8-6-4-2;;/h6,8H,2-5,7,9-14H2,1H3;1H;/q;;+1/p-1/b8-6+;;. The van der Waals surface area contributed by atoms with E-state index < -0.39 is 0 Å². The summed E-state index contributed by atoms with van der Waals surface area (Å²) in [6, 6.07) is 0. The lowest BCUT2D eigenvalue weighted by Gasteiger charge is -2.04. The lowest BCUT2D eigenvalue weighted by atomic mass is 10.2. The highest BCUT2D eigenvalue weighted by Crippen LogP contribution is 2.02. The van der Waals surface area contributed by atoms with E-state index in [0.717, 1.165) is 32.5 Å². The number of halogens is 1. The number of allylic oxidation sites excluding steroid dienone is 1. The largest absolute Gasteiger partial charge is 0.501 e. The van der Waals surface area contributed by atoms with Crippen molar-refractivity contribution in [3.05, 3.63) is 12.2 Å². The number of hydrogen-bond donors (Lipinski definition) is 0. The van der Waals surface area contributed by atoms with Gasteiger partial charge in [0.05, 0.1) is 6.61 Å². The van der Waals surface area contributed by atoms with E-state index in [9.17, 15) is 0 Å². The molecule has 0 aliphatic heterocycles. The van der Waals surface area contributed by atoms with Crippen LogP contribution in [-0.4, -0.2) is 39.3 Å². The van der Waals surface area contributed by atoms with Gasteiger partial charge >= 0.3 is 19.3 Å². The third-order valence-corrected chi connectivity index (χ3v) is 4.14. The first-order chi connectivity index (χ1) is 8.91. The van der Waals surface area contributed by atoms with Gasteiger partial charge in [0.2, 0.25) is 0 Å². The van der Waals surface area contributed by atoms with Crippen LogP contribution in [0.3, 0.4) is 0 Å². The molecule has 18 heavy (non-hydrogen) atoms. The van der Waals surface area contributed by atoms with Crippen molar-refractivity contribution in [1.82, 2.24) is 0 Å². The lowest BCUT2D eigenvalue weighted by Crippen LogP contribution is -2.02. The number of hydrogen-bond acceptors (Lipinski definition) is 2. The molecule has 0 N–H and O–H groups in total. The van der Waals surface area contributed by atoms with Crippen molar-refractivity contribution in [1.29, 1.82) is 0 Å². The lowest BCUT2D eigenvalue weighted by molar-refractivity contribution is -0.0531. The SMILES string of the molecule is CCCCCCCOCOCC/C=C/C[CH2][Mg][Cl]. The summed E-state index contributed by atoms with van der Waals surface area (Å²) in [5.74, 6) is 0. The summed E-state index contributed by atoms with van der Waals surface area (Å²) in [5, 5.41) is 0. The summed E-state index contributed by atoms with van der Waals surface area (Å²) in [6.07, 6.45) is 12.9. The fourth-order valence-corrected chi connectivity index (χ4v) is 2.42. The fraction of sp³-hybridized carbons (Fsp3) is 0.857. The van der Waals surface area contributed by atoms with Gasteiger partial charge in [-0.1, -0.05) is 51.2 Å². The van der Waals surface area contributed by atoms with Crippen molar-refractivity contribution in [2.24, 2.45) is 0 Å². The van der Waals surface area contributed by atoms with E-state index in [1.165, 1.54) is 30.2 Å². The Labute approximate surface area is 126 Å². The van der Waals surface area contributed by atoms with E-state index in [1.54, 1.807) is 0 Å². The maximum Gasteiger partial charge on any atom is 0.501 e. The van der Waals surface area contributed by atoms with Crippen molar-refractivity contribution < 1.29 is 9.47 Å². The van der Waals surface area contributed by atoms with Crippen LogP contribution in [0.5, 0.6) is 0 Å². The molecule has 0 radical (unpaired) electrons. The molecule has 0 aromatic rings. The van der Waals surface area contributed by atoms with Gasteiger partial charge in [-0.2, -0.15) is 0 Å². The molecule has 0 aromatic heterocycles. The fourth-order valence-electron chi connectivity index (χ4n) is 1.57. The zero-order valence-electron chi connectivity index (χ0n) is 11.8. The maximum atomic E-state index is 5.72. The summed E-state index contributed by atoms with van der Waals surface area (Å²) in [6.45, 7) is 4.26. The van der Waals surface area contributed by atoms with Gasteiger partial charge in [-0.3, -0.25) is 0 Å².